The molecule has 0 amide bonds. The van der Waals surface area contributed by atoms with Crippen LogP contribution in [0, 0.1) is 5.92 Å². The average Bonchev–Trinajstić information content (AvgIpc) is 3.17. The van der Waals surface area contributed by atoms with Gasteiger partial charge in [-0.25, -0.2) is 4.98 Å². The summed E-state index contributed by atoms with van der Waals surface area (Å²) in [5.41, 5.74) is 0. The van der Waals surface area contributed by atoms with E-state index in [1.165, 1.54) is 12.8 Å². The Morgan fingerprint density at radius 1 is 1.39 bits per heavy atom. The third-order valence-electron chi connectivity index (χ3n) is 3.25. The van der Waals surface area contributed by atoms with E-state index in [9.17, 15) is 0 Å². The van der Waals surface area contributed by atoms with Crippen molar-refractivity contribution in [2.75, 3.05) is 23.3 Å². The zero-order valence-electron chi connectivity index (χ0n) is 11.7. The highest BCUT2D eigenvalue weighted by Gasteiger charge is 2.26. The summed E-state index contributed by atoms with van der Waals surface area (Å²) in [6.45, 7) is 8.65. The van der Waals surface area contributed by atoms with Gasteiger partial charge in [0.25, 0.3) is 0 Å². The van der Waals surface area contributed by atoms with Gasteiger partial charge in [0.1, 0.15) is 11.6 Å². The fourth-order valence-corrected chi connectivity index (χ4v) is 1.98. The number of nitrogens with one attached hydrogen (secondary N) is 1. The van der Waals surface area contributed by atoms with Crippen molar-refractivity contribution in [2.45, 2.75) is 46.1 Å². The van der Waals surface area contributed by atoms with Gasteiger partial charge in [0, 0.05) is 19.1 Å². The first kappa shape index (κ1) is 13.1. The molecule has 1 N–H and O–H groups in total. The molecule has 0 unspecified atom stereocenters. The van der Waals surface area contributed by atoms with Gasteiger partial charge in [-0.2, -0.15) is 0 Å². The minimum absolute atomic E-state index is 0.473. The number of hydrogen-bond acceptors (Lipinski definition) is 4. The number of rotatable bonds is 7. The van der Waals surface area contributed by atoms with E-state index < -0.39 is 0 Å². The van der Waals surface area contributed by atoms with Gasteiger partial charge in [0.05, 0.1) is 12.4 Å². The summed E-state index contributed by atoms with van der Waals surface area (Å²) in [4.78, 5) is 11.3. The van der Waals surface area contributed by atoms with Crippen LogP contribution in [-0.2, 0) is 0 Å². The maximum atomic E-state index is 4.66. The molecule has 0 bridgehead atoms. The van der Waals surface area contributed by atoms with Crippen LogP contribution in [0.1, 0.15) is 40.0 Å². The first-order valence-electron chi connectivity index (χ1n) is 7.03. The Morgan fingerprint density at radius 2 is 2.17 bits per heavy atom. The van der Waals surface area contributed by atoms with Crippen LogP contribution in [-0.4, -0.2) is 29.1 Å². The topological polar surface area (TPSA) is 41.1 Å². The molecule has 1 aromatic rings. The summed E-state index contributed by atoms with van der Waals surface area (Å²) in [7, 11) is 0. The molecule has 0 spiro atoms. The molecule has 0 atom stereocenters. The standard InChI is InChI=1S/C14H24N4/c1-4-7-16-13-8-15-9-14(17-13)18(11(2)3)10-12-5-6-12/h8-9,11-12H,4-7,10H2,1-3H3,(H,16,17). The molecule has 1 heterocycles. The Labute approximate surface area is 110 Å². The van der Waals surface area contributed by atoms with Gasteiger partial charge >= 0.3 is 0 Å². The van der Waals surface area contributed by atoms with Gasteiger partial charge in [-0.1, -0.05) is 6.92 Å². The van der Waals surface area contributed by atoms with Gasteiger partial charge in [0.2, 0.25) is 0 Å². The van der Waals surface area contributed by atoms with E-state index >= 15 is 0 Å². The predicted octanol–water partition coefficient (Wildman–Crippen LogP) is 2.92. The van der Waals surface area contributed by atoms with Crippen molar-refractivity contribution in [1.82, 2.24) is 9.97 Å². The van der Waals surface area contributed by atoms with E-state index in [0.717, 1.165) is 37.1 Å². The highest BCUT2D eigenvalue weighted by atomic mass is 15.2. The lowest BCUT2D eigenvalue weighted by molar-refractivity contribution is 0.635. The SMILES string of the molecule is CCCNc1cncc(N(CC2CC2)C(C)C)n1. The smallest absolute Gasteiger partial charge is 0.149 e. The molecule has 0 aliphatic heterocycles. The summed E-state index contributed by atoms with van der Waals surface area (Å²) in [5, 5.41) is 3.30. The second-order valence-electron chi connectivity index (χ2n) is 5.38. The molecule has 4 heteroatoms. The number of hydrogen-bond donors (Lipinski definition) is 1. The van der Waals surface area contributed by atoms with Crippen molar-refractivity contribution in [1.29, 1.82) is 0 Å². The van der Waals surface area contributed by atoms with Crippen LogP contribution < -0.4 is 10.2 Å². The Bertz CT molecular complexity index is 374. The summed E-state index contributed by atoms with van der Waals surface area (Å²) in [6, 6.07) is 0.473. The van der Waals surface area contributed by atoms with Gasteiger partial charge < -0.3 is 10.2 Å². The van der Waals surface area contributed by atoms with E-state index in [1.54, 1.807) is 6.20 Å². The summed E-state index contributed by atoms with van der Waals surface area (Å²) in [6.07, 6.45) is 7.50. The van der Waals surface area contributed by atoms with Crippen molar-refractivity contribution in [3.05, 3.63) is 12.4 Å². The molecule has 1 aliphatic carbocycles. The van der Waals surface area contributed by atoms with Crippen molar-refractivity contribution in [3.63, 3.8) is 0 Å². The van der Waals surface area contributed by atoms with Crippen LogP contribution in [0.25, 0.3) is 0 Å². The number of nitrogens with zero attached hydrogens (tertiary/aromatic N) is 3. The lowest BCUT2D eigenvalue weighted by Crippen LogP contribution is -2.33. The molecule has 2 rings (SSSR count). The van der Waals surface area contributed by atoms with Crippen LogP contribution in [0.3, 0.4) is 0 Å². The molecule has 4 nitrogen and oxygen atoms in total. The summed E-state index contributed by atoms with van der Waals surface area (Å²) in [5.74, 6) is 2.75. The monoisotopic (exact) mass is 248 g/mol. The molecule has 100 valence electrons. The maximum Gasteiger partial charge on any atom is 0.149 e. The zero-order chi connectivity index (χ0) is 13.0. The minimum Gasteiger partial charge on any atom is -0.369 e. The highest BCUT2D eigenvalue weighted by molar-refractivity contribution is 5.44. The van der Waals surface area contributed by atoms with E-state index in [2.05, 4.69) is 41.0 Å². The first-order valence-corrected chi connectivity index (χ1v) is 7.03. The van der Waals surface area contributed by atoms with Gasteiger partial charge in [-0.15, -0.1) is 0 Å². The Morgan fingerprint density at radius 3 is 2.78 bits per heavy atom. The third kappa shape index (κ3) is 3.59. The number of anilines is 2. The van der Waals surface area contributed by atoms with Crippen LogP contribution in [0.15, 0.2) is 12.4 Å². The van der Waals surface area contributed by atoms with Crippen LogP contribution >= 0.6 is 0 Å². The van der Waals surface area contributed by atoms with Crippen LogP contribution in [0.2, 0.25) is 0 Å². The minimum atomic E-state index is 0.473. The quantitative estimate of drug-likeness (QED) is 0.805. The van der Waals surface area contributed by atoms with Crippen molar-refractivity contribution in [2.24, 2.45) is 5.92 Å². The van der Waals surface area contributed by atoms with Gasteiger partial charge in [0.15, 0.2) is 0 Å². The molecule has 0 aromatic carbocycles. The first-order chi connectivity index (χ1) is 8.70. The van der Waals surface area contributed by atoms with Crippen molar-refractivity contribution >= 4 is 11.6 Å². The third-order valence-corrected chi connectivity index (χ3v) is 3.25. The number of aromatic nitrogens is 2. The summed E-state index contributed by atoms with van der Waals surface area (Å²) >= 11 is 0. The van der Waals surface area contributed by atoms with E-state index in [1.807, 2.05) is 6.20 Å². The lowest BCUT2D eigenvalue weighted by atomic mass is 10.2. The molecule has 1 aromatic heterocycles. The van der Waals surface area contributed by atoms with Crippen LogP contribution in [0.5, 0.6) is 0 Å². The Hall–Kier alpha value is -1.32. The molecule has 0 radical (unpaired) electrons. The molecular formula is C14H24N4. The molecule has 1 aliphatic rings. The molecule has 1 fully saturated rings. The zero-order valence-corrected chi connectivity index (χ0v) is 11.7. The Balaban J connectivity index is 2.07. The molecule has 18 heavy (non-hydrogen) atoms. The largest absolute Gasteiger partial charge is 0.369 e. The molecular weight excluding hydrogens is 224 g/mol. The van der Waals surface area contributed by atoms with Crippen molar-refractivity contribution in [3.8, 4) is 0 Å². The van der Waals surface area contributed by atoms with E-state index in [4.69, 9.17) is 0 Å². The fraction of sp³-hybridized carbons (Fsp3) is 0.714. The van der Waals surface area contributed by atoms with E-state index in [-0.39, 0.29) is 0 Å². The fourth-order valence-electron chi connectivity index (χ4n) is 1.98. The predicted molar refractivity (Wildman–Crippen MR) is 76.0 cm³/mol. The second kappa shape index (κ2) is 6.03. The van der Waals surface area contributed by atoms with Crippen molar-refractivity contribution < 1.29 is 0 Å². The summed E-state index contributed by atoms with van der Waals surface area (Å²) < 4.78 is 0. The Kier molecular flexibility index (Phi) is 4.39. The normalized spacial score (nSPS) is 14.9. The molecule has 1 saturated carbocycles. The van der Waals surface area contributed by atoms with Gasteiger partial charge in [-0.3, -0.25) is 4.98 Å². The second-order valence-corrected chi connectivity index (χ2v) is 5.38. The highest BCUT2D eigenvalue weighted by Crippen LogP contribution is 2.31. The van der Waals surface area contributed by atoms with Gasteiger partial charge in [-0.05, 0) is 39.0 Å². The average molecular weight is 248 g/mol. The maximum absolute atomic E-state index is 4.66. The lowest BCUT2D eigenvalue weighted by Gasteiger charge is -2.27. The van der Waals surface area contributed by atoms with E-state index in [0.29, 0.717) is 6.04 Å². The van der Waals surface area contributed by atoms with Crippen LogP contribution in [0.4, 0.5) is 11.6 Å². The molecule has 0 saturated heterocycles.